The first-order chi connectivity index (χ1) is 11.2. The molecular formula is C12H11F11O3. The van der Waals surface area contributed by atoms with Crippen LogP contribution < -0.4 is 0 Å². The van der Waals surface area contributed by atoms with Crippen LogP contribution in [0.3, 0.4) is 0 Å². The molecule has 26 heavy (non-hydrogen) atoms. The first-order valence-corrected chi connectivity index (χ1v) is 6.43. The van der Waals surface area contributed by atoms with Crippen molar-refractivity contribution >= 4 is 5.97 Å². The molecule has 0 bridgehead atoms. The quantitative estimate of drug-likeness (QED) is 0.486. The number of aliphatic hydroxyl groups is 1. The highest BCUT2D eigenvalue weighted by Crippen LogP contribution is 2.59. The molecule has 0 aromatic heterocycles. The van der Waals surface area contributed by atoms with Gasteiger partial charge < -0.3 is 10.2 Å². The van der Waals surface area contributed by atoms with E-state index in [1.54, 1.807) is 0 Å². The van der Waals surface area contributed by atoms with E-state index in [1.807, 2.05) is 0 Å². The Hall–Kier alpha value is -1.60. The van der Waals surface area contributed by atoms with E-state index in [4.69, 9.17) is 10.2 Å². The van der Waals surface area contributed by atoms with Crippen molar-refractivity contribution in [2.45, 2.75) is 55.7 Å². The summed E-state index contributed by atoms with van der Waals surface area (Å²) in [6.45, 7) is 1.01. The second-order valence-corrected chi connectivity index (χ2v) is 5.21. The molecule has 0 aromatic carbocycles. The molecule has 3 nitrogen and oxygen atoms in total. The number of carboxylic acids is 1. The Kier molecular flexibility index (Phi) is 6.75. The molecule has 0 aromatic rings. The zero-order chi connectivity index (χ0) is 21.4. The second-order valence-electron chi connectivity index (χ2n) is 5.21. The molecule has 0 heterocycles. The van der Waals surface area contributed by atoms with E-state index in [1.165, 1.54) is 0 Å². The molecule has 0 spiro atoms. The van der Waals surface area contributed by atoms with E-state index in [0.29, 0.717) is 0 Å². The zero-order valence-electron chi connectivity index (χ0n) is 12.5. The molecule has 0 radical (unpaired) electrons. The molecule has 0 aliphatic heterocycles. The number of carbonyl (C=O) groups is 1. The van der Waals surface area contributed by atoms with Crippen LogP contribution >= 0.6 is 0 Å². The van der Waals surface area contributed by atoms with Crippen LogP contribution in [0.25, 0.3) is 0 Å². The fourth-order valence-electron chi connectivity index (χ4n) is 1.66. The van der Waals surface area contributed by atoms with Gasteiger partial charge in [0.2, 0.25) is 0 Å². The van der Waals surface area contributed by atoms with E-state index in [2.05, 4.69) is 0 Å². The molecule has 14 heteroatoms. The standard InChI is InChI=1S/C12H11F11O3/c1-5(24)2-3-6(7(25)26)4-8(13,14)10(16,17)9(15,11(18,19)20)12(21,22)23/h4-5,24H,2-3H2,1H3,(H,25,26). The number of hydrogen-bond donors (Lipinski definition) is 2. The smallest absolute Gasteiger partial charge is 0.438 e. The van der Waals surface area contributed by atoms with Gasteiger partial charge in [-0.15, -0.1) is 0 Å². The van der Waals surface area contributed by atoms with E-state index in [0.717, 1.165) is 6.92 Å². The van der Waals surface area contributed by atoms with Gasteiger partial charge in [0.05, 0.1) is 6.10 Å². The lowest BCUT2D eigenvalue weighted by Gasteiger charge is -2.38. The summed E-state index contributed by atoms with van der Waals surface area (Å²) in [5.74, 6) is -16.3. The Labute approximate surface area is 138 Å². The Balaban J connectivity index is 6.35. The number of halogens is 11. The maximum Gasteiger partial charge on any atom is 0.438 e. The SMILES string of the molecule is CC(O)CCC(=CC(F)(F)C(F)(F)C(F)(C(F)(F)F)C(F)(F)F)C(=O)O. The second kappa shape index (κ2) is 7.19. The average Bonchev–Trinajstić information content (AvgIpc) is 2.38. The summed E-state index contributed by atoms with van der Waals surface area (Å²) in [5.41, 5.74) is -9.39. The van der Waals surface area contributed by atoms with Gasteiger partial charge >= 0.3 is 35.8 Å². The first-order valence-electron chi connectivity index (χ1n) is 6.43. The van der Waals surface area contributed by atoms with Crippen molar-refractivity contribution in [3.63, 3.8) is 0 Å². The van der Waals surface area contributed by atoms with Gasteiger partial charge in [-0.2, -0.15) is 43.9 Å². The minimum absolute atomic E-state index is 0.654. The Morgan fingerprint density at radius 1 is 0.923 bits per heavy atom. The minimum atomic E-state index is -7.65. The molecule has 0 aliphatic rings. The summed E-state index contributed by atoms with van der Waals surface area (Å²) in [7, 11) is 0. The van der Waals surface area contributed by atoms with Crippen LogP contribution in [0.1, 0.15) is 19.8 Å². The van der Waals surface area contributed by atoms with Crippen LogP contribution in [0.5, 0.6) is 0 Å². The van der Waals surface area contributed by atoms with E-state index in [9.17, 15) is 53.1 Å². The molecule has 0 saturated carbocycles. The maximum atomic E-state index is 13.5. The van der Waals surface area contributed by atoms with Gasteiger partial charge in [-0.3, -0.25) is 0 Å². The molecule has 154 valence electrons. The van der Waals surface area contributed by atoms with Crippen LogP contribution in [0.4, 0.5) is 48.3 Å². The molecule has 0 aliphatic carbocycles. The van der Waals surface area contributed by atoms with Crippen LogP contribution in [0.15, 0.2) is 11.6 Å². The maximum absolute atomic E-state index is 13.5. The number of alkyl halides is 11. The highest BCUT2D eigenvalue weighted by Gasteiger charge is 2.89. The molecule has 2 N–H and O–H groups in total. The lowest BCUT2D eigenvalue weighted by Crippen LogP contribution is -2.69. The van der Waals surface area contributed by atoms with E-state index in [-0.39, 0.29) is 0 Å². The molecule has 1 unspecified atom stereocenters. The van der Waals surface area contributed by atoms with E-state index < -0.39 is 66.4 Å². The van der Waals surface area contributed by atoms with Crippen molar-refractivity contribution < 1.29 is 63.3 Å². The number of rotatable bonds is 7. The van der Waals surface area contributed by atoms with Crippen molar-refractivity contribution in [3.05, 3.63) is 11.6 Å². The summed E-state index contributed by atoms with van der Waals surface area (Å²) in [5, 5.41) is 17.4. The van der Waals surface area contributed by atoms with Gasteiger partial charge in [-0.25, -0.2) is 9.18 Å². The topological polar surface area (TPSA) is 57.5 Å². The van der Waals surface area contributed by atoms with Gasteiger partial charge in [0.25, 0.3) is 0 Å². The summed E-state index contributed by atoms with van der Waals surface area (Å²) >= 11 is 0. The summed E-state index contributed by atoms with van der Waals surface area (Å²) in [6.07, 6.45) is -19.5. The third-order valence-electron chi connectivity index (χ3n) is 3.09. The lowest BCUT2D eigenvalue weighted by atomic mass is 9.89. The third kappa shape index (κ3) is 4.38. The third-order valence-corrected chi connectivity index (χ3v) is 3.09. The molecule has 0 amide bonds. The number of aliphatic carboxylic acids is 1. The molecule has 0 fully saturated rings. The normalized spacial score (nSPS) is 16.6. The number of aliphatic hydroxyl groups excluding tert-OH is 1. The first kappa shape index (κ1) is 24.4. The number of hydrogen-bond acceptors (Lipinski definition) is 2. The minimum Gasteiger partial charge on any atom is -0.478 e. The van der Waals surface area contributed by atoms with Gasteiger partial charge in [0.15, 0.2) is 0 Å². The van der Waals surface area contributed by atoms with Gasteiger partial charge in [-0.05, 0) is 19.8 Å². The Morgan fingerprint density at radius 2 is 1.31 bits per heavy atom. The Morgan fingerprint density at radius 3 is 1.58 bits per heavy atom. The van der Waals surface area contributed by atoms with Gasteiger partial charge in [0.1, 0.15) is 0 Å². The Bertz CT molecular complexity index is 532. The molecule has 0 rings (SSSR count). The van der Waals surface area contributed by atoms with Crippen molar-refractivity contribution in [1.82, 2.24) is 0 Å². The monoisotopic (exact) mass is 412 g/mol. The van der Waals surface area contributed by atoms with Gasteiger partial charge in [0, 0.05) is 11.6 Å². The fraction of sp³-hybridized carbons (Fsp3) is 0.750. The lowest BCUT2D eigenvalue weighted by molar-refractivity contribution is -0.420. The number of carboxylic acid groups (broad SMARTS) is 1. The van der Waals surface area contributed by atoms with Crippen molar-refractivity contribution in [2.75, 3.05) is 0 Å². The molecular weight excluding hydrogens is 401 g/mol. The van der Waals surface area contributed by atoms with E-state index >= 15 is 0 Å². The molecule has 1 atom stereocenters. The summed E-state index contributed by atoms with van der Waals surface area (Å²) in [6, 6.07) is 0. The highest BCUT2D eigenvalue weighted by atomic mass is 19.4. The zero-order valence-corrected chi connectivity index (χ0v) is 12.5. The van der Waals surface area contributed by atoms with Crippen LogP contribution in [0, 0.1) is 0 Å². The predicted molar refractivity (Wildman–Crippen MR) is 62.5 cm³/mol. The number of allylic oxidation sites excluding steroid dienone is 1. The fourth-order valence-corrected chi connectivity index (χ4v) is 1.66. The summed E-state index contributed by atoms with van der Waals surface area (Å²) < 4.78 is 141. The summed E-state index contributed by atoms with van der Waals surface area (Å²) in [4.78, 5) is 10.7. The highest BCUT2D eigenvalue weighted by molar-refractivity contribution is 5.86. The van der Waals surface area contributed by atoms with Gasteiger partial charge in [-0.1, -0.05) is 0 Å². The molecule has 0 saturated heterocycles. The largest absolute Gasteiger partial charge is 0.478 e. The van der Waals surface area contributed by atoms with Crippen LogP contribution in [-0.2, 0) is 4.79 Å². The predicted octanol–water partition coefficient (Wildman–Crippen LogP) is 4.26. The van der Waals surface area contributed by atoms with Crippen LogP contribution in [0.2, 0.25) is 0 Å². The van der Waals surface area contributed by atoms with Crippen molar-refractivity contribution in [3.8, 4) is 0 Å². The average molecular weight is 412 g/mol. The van der Waals surface area contributed by atoms with Crippen LogP contribution in [-0.4, -0.2) is 52.2 Å². The van der Waals surface area contributed by atoms with Crippen molar-refractivity contribution in [1.29, 1.82) is 0 Å². The van der Waals surface area contributed by atoms with Crippen molar-refractivity contribution in [2.24, 2.45) is 0 Å².